The molecule has 0 unspecified atom stereocenters. The Balaban J connectivity index is 1.37. The number of halogens is 3. The molecule has 0 spiro atoms. The van der Waals surface area contributed by atoms with Crippen LogP contribution in [0.2, 0.25) is 0 Å². The molecule has 0 radical (unpaired) electrons. The molecule has 40 heavy (non-hydrogen) atoms. The second kappa shape index (κ2) is 13.8. The van der Waals surface area contributed by atoms with Gasteiger partial charge >= 0.3 is 5.97 Å². The Kier molecular flexibility index (Phi) is 10.0. The molecule has 0 amide bonds. The highest BCUT2D eigenvalue weighted by Gasteiger charge is 2.21. The standard InChI is InChI=1S/C34H33F3O3/c1-3-4-5-6-7-8-21-39-27-17-18-28(31(35)22-27)24-13-15-26(16-14-24)40-34(38)30-20-19-29(32(36)33(30)37)25-11-9-23(2)10-12-25/h9-20,22H,3-8,21H2,1-2H3. The summed E-state index contributed by atoms with van der Waals surface area (Å²) in [4.78, 5) is 12.6. The second-order valence-corrected chi connectivity index (χ2v) is 9.83. The van der Waals surface area contributed by atoms with Gasteiger partial charge in [-0.05, 0) is 54.8 Å². The van der Waals surface area contributed by atoms with Gasteiger partial charge in [0.25, 0.3) is 0 Å². The lowest BCUT2D eigenvalue weighted by atomic mass is 10.0. The van der Waals surface area contributed by atoms with Gasteiger partial charge in [0.15, 0.2) is 11.6 Å². The molecule has 4 rings (SSSR count). The minimum Gasteiger partial charge on any atom is -0.493 e. The fourth-order valence-electron chi connectivity index (χ4n) is 4.42. The average Bonchev–Trinajstić information content (AvgIpc) is 2.95. The van der Waals surface area contributed by atoms with Crippen LogP contribution in [0.25, 0.3) is 22.3 Å². The third kappa shape index (κ3) is 7.32. The molecule has 0 aliphatic carbocycles. The van der Waals surface area contributed by atoms with Crippen LogP contribution in [0.1, 0.15) is 61.4 Å². The van der Waals surface area contributed by atoms with Crippen molar-refractivity contribution in [3.63, 3.8) is 0 Å². The average molecular weight is 547 g/mol. The molecule has 4 aromatic rings. The lowest BCUT2D eigenvalue weighted by Gasteiger charge is -2.11. The predicted molar refractivity (Wildman–Crippen MR) is 152 cm³/mol. The maximum atomic E-state index is 14.8. The van der Waals surface area contributed by atoms with Crippen LogP contribution in [0.15, 0.2) is 78.9 Å². The number of hydrogen-bond donors (Lipinski definition) is 0. The van der Waals surface area contributed by atoms with E-state index in [0.29, 0.717) is 29.0 Å². The fourth-order valence-corrected chi connectivity index (χ4v) is 4.42. The third-order valence-electron chi connectivity index (χ3n) is 6.75. The highest BCUT2D eigenvalue weighted by atomic mass is 19.2. The van der Waals surface area contributed by atoms with E-state index in [0.717, 1.165) is 18.4 Å². The Morgan fingerprint density at radius 3 is 1.98 bits per heavy atom. The molecule has 208 valence electrons. The summed E-state index contributed by atoms with van der Waals surface area (Å²) in [6, 6.07) is 20.4. The summed E-state index contributed by atoms with van der Waals surface area (Å²) in [5.41, 5.74) is 1.97. The largest absolute Gasteiger partial charge is 0.493 e. The first-order valence-corrected chi connectivity index (χ1v) is 13.7. The number of carbonyl (C=O) groups is 1. The zero-order valence-electron chi connectivity index (χ0n) is 22.8. The first-order chi connectivity index (χ1) is 19.4. The van der Waals surface area contributed by atoms with Gasteiger partial charge in [-0.25, -0.2) is 18.0 Å². The molecule has 0 saturated carbocycles. The monoisotopic (exact) mass is 546 g/mol. The highest BCUT2D eigenvalue weighted by Crippen LogP contribution is 2.30. The van der Waals surface area contributed by atoms with Crippen LogP contribution >= 0.6 is 0 Å². The van der Waals surface area contributed by atoms with Gasteiger partial charge < -0.3 is 9.47 Å². The zero-order valence-corrected chi connectivity index (χ0v) is 22.8. The van der Waals surface area contributed by atoms with Gasteiger partial charge in [0.05, 0.1) is 12.2 Å². The van der Waals surface area contributed by atoms with Crippen molar-refractivity contribution in [2.45, 2.75) is 52.4 Å². The molecule has 3 nitrogen and oxygen atoms in total. The Morgan fingerprint density at radius 2 is 1.27 bits per heavy atom. The Morgan fingerprint density at radius 1 is 0.675 bits per heavy atom. The number of ether oxygens (including phenoxy) is 2. The van der Waals surface area contributed by atoms with Crippen LogP contribution in [0.3, 0.4) is 0 Å². The van der Waals surface area contributed by atoms with Crippen molar-refractivity contribution in [1.29, 1.82) is 0 Å². The summed E-state index contributed by atoms with van der Waals surface area (Å²) in [6.45, 7) is 4.62. The molecule has 0 N–H and O–H groups in total. The van der Waals surface area contributed by atoms with Crippen molar-refractivity contribution in [3.8, 4) is 33.8 Å². The Labute approximate surface area is 233 Å². The van der Waals surface area contributed by atoms with E-state index in [9.17, 15) is 18.0 Å². The molecule has 0 aromatic heterocycles. The first-order valence-electron chi connectivity index (χ1n) is 13.7. The van der Waals surface area contributed by atoms with E-state index < -0.39 is 29.0 Å². The van der Waals surface area contributed by atoms with Crippen molar-refractivity contribution < 1.29 is 27.4 Å². The molecular weight excluding hydrogens is 513 g/mol. The smallest absolute Gasteiger partial charge is 0.346 e. The van der Waals surface area contributed by atoms with Crippen LogP contribution in [0, 0.1) is 24.4 Å². The van der Waals surface area contributed by atoms with Crippen molar-refractivity contribution in [2.75, 3.05) is 6.61 Å². The maximum absolute atomic E-state index is 14.8. The maximum Gasteiger partial charge on any atom is 0.346 e. The topological polar surface area (TPSA) is 35.5 Å². The lowest BCUT2D eigenvalue weighted by molar-refractivity contribution is 0.0728. The van der Waals surface area contributed by atoms with Crippen LogP contribution in [0.4, 0.5) is 13.2 Å². The number of rotatable bonds is 12. The van der Waals surface area contributed by atoms with Crippen molar-refractivity contribution in [3.05, 3.63) is 107 Å². The summed E-state index contributed by atoms with van der Waals surface area (Å²) in [5.74, 6) is -3.27. The summed E-state index contributed by atoms with van der Waals surface area (Å²) < 4.78 is 55.3. The van der Waals surface area contributed by atoms with Crippen molar-refractivity contribution >= 4 is 5.97 Å². The number of unbranched alkanes of at least 4 members (excludes halogenated alkanes) is 5. The SMILES string of the molecule is CCCCCCCCOc1ccc(-c2ccc(OC(=O)c3ccc(-c4ccc(C)cc4)c(F)c3F)cc2)c(F)c1. The van der Waals surface area contributed by atoms with Gasteiger partial charge in [-0.3, -0.25) is 0 Å². The molecule has 0 aliphatic heterocycles. The summed E-state index contributed by atoms with van der Waals surface area (Å²) >= 11 is 0. The van der Waals surface area contributed by atoms with E-state index in [1.54, 1.807) is 48.5 Å². The minimum atomic E-state index is -1.28. The highest BCUT2D eigenvalue weighted by molar-refractivity contribution is 5.92. The lowest BCUT2D eigenvalue weighted by Crippen LogP contribution is -2.12. The number of hydrogen-bond acceptors (Lipinski definition) is 3. The number of benzene rings is 4. The Hall–Kier alpha value is -4.06. The quantitative estimate of drug-likeness (QED) is 0.101. The number of esters is 1. The number of aryl methyl sites for hydroxylation is 1. The van der Waals surface area contributed by atoms with E-state index in [2.05, 4.69) is 6.92 Å². The normalized spacial score (nSPS) is 10.9. The zero-order chi connectivity index (χ0) is 28.5. The second-order valence-electron chi connectivity index (χ2n) is 9.83. The van der Waals surface area contributed by atoms with Crippen LogP contribution in [-0.2, 0) is 0 Å². The number of carbonyl (C=O) groups excluding carboxylic acids is 1. The van der Waals surface area contributed by atoms with Gasteiger partial charge in [0, 0.05) is 17.2 Å². The first kappa shape index (κ1) is 28.9. The molecule has 0 aliphatic rings. The van der Waals surface area contributed by atoms with Gasteiger partial charge in [-0.1, -0.05) is 87.1 Å². The van der Waals surface area contributed by atoms with E-state index in [1.165, 1.54) is 56.0 Å². The fraction of sp³-hybridized carbons (Fsp3) is 0.265. The predicted octanol–water partition coefficient (Wildman–Crippen LogP) is 9.70. The molecular formula is C34H33F3O3. The molecule has 0 atom stereocenters. The molecule has 0 saturated heterocycles. The molecule has 4 aromatic carbocycles. The van der Waals surface area contributed by atoms with Crippen LogP contribution in [0.5, 0.6) is 11.5 Å². The van der Waals surface area contributed by atoms with E-state index in [-0.39, 0.29) is 11.3 Å². The van der Waals surface area contributed by atoms with Gasteiger partial charge in [-0.15, -0.1) is 0 Å². The van der Waals surface area contributed by atoms with E-state index in [4.69, 9.17) is 9.47 Å². The summed E-state index contributed by atoms with van der Waals surface area (Å²) in [6.07, 6.45) is 6.90. The van der Waals surface area contributed by atoms with Gasteiger partial charge in [0.1, 0.15) is 17.3 Å². The third-order valence-corrected chi connectivity index (χ3v) is 6.75. The summed E-state index contributed by atoms with van der Waals surface area (Å²) in [7, 11) is 0. The van der Waals surface area contributed by atoms with Crippen LogP contribution in [-0.4, -0.2) is 12.6 Å². The molecule has 6 heteroatoms. The van der Waals surface area contributed by atoms with Crippen molar-refractivity contribution in [2.24, 2.45) is 0 Å². The van der Waals surface area contributed by atoms with Crippen LogP contribution < -0.4 is 9.47 Å². The van der Waals surface area contributed by atoms with Gasteiger partial charge in [0.2, 0.25) is 0 Å². The summed E-state index contributed by atoms with van der Waals surface area (Å²) in [5, 5.41) is 0. The molecule has 0 heterocycles. The van der Waals surface area contributed by atoms with E-state index in [1.807, 2.05) is 6.92 Å². The Bertz CT molecular complexity index is 1430. The minimum absolute atomic E-state index is 0.0549. The van der Waals surface area contributed by atoms with Gasteiger partial charge in [-0.2, -0.15) is 0 Å². The van der Waals surface area contributed by atoms with E-state index >= 15 is 0 Å². The van der Waals surface area contributed by atoms with Crippen molar-refractivity contribution in [1.82, 2.24) is 0 Å². The molecule has 0 fully saturated rings. The molecule has 0 bridgehead atoms.